The summed E-state index contributed by atoms with van der Waals surface area (Å²) in [4.78, 5) is 61.6. The summed E-state index contributed by atoms with van der Waals surface area (Å²) in [5.74, 6) is -2.22. The van der Waals surface area contributed by atoms with Crippen LogP contribution in [0, 0.1) is 0 Å². The number of fused-ring (bicyclic) bond motifs is 2. The summed E-state index contributed by atoms with van der Waals surface area (Å²) in [6.07, 6.45) is 7.86. The molecule has 0 bridgehead atoms. The Morgan fingerprint density at radius 1 is 1.16 bits per heavy atom. The number of hydrogen-bond donors (Lipinski definition) is 4. The Balaban J connectivity index is 1.03. The molecule has 0 unspecified atom stereocenters. The number of benzene rings is 1. The molecule has 0 radical (unpaired) electrons. The first-order chi connectivity index (χ1) is 23.7. The van der Waals surface area contributed by atoms with Crippen molar-refractivity contribution >= 4 is 63.3 Å². The van der Waals surface area contributed by atoms with E-state index in [1.807, 2.05) is 63.1 Å². The fraction of sp³-hybridized carbons (Fsp3) is 0.323. The van der Waals surface area contributed by atoms with Gasteiger partial charge in [-0.05, 0) is 36.1 Å². The molecule has 4 aromatic rings. The van der Waals surface area contributed by atoms with Crippen molar-refractivity contribution in [3.63, 3.8) is 0 Å². The smallest absolute Gasteiger partial charge is 0.352 e. The summed E-state index contributed by atoms with van der Waals surface area (Å²) in [6, 6.07) is 8.50. The molecule has 0 spiro atoms. The van der Waals surface area contributed by atoms with Gasteiger partial charge in [-0.3, -0.25) is 24.7 Å². The highest BCUT2D eigenvalue weighted by molar-refractivity contribution is 8.00. The van der Waals surface area contributed by atoms with E-state index in [2.05, 4.69) is 25.4 Å². The van der Waals surface area contributed by atoms with Crippen molar-refractivity contribution in [2.24, 2.45) is 5.16 Å². The van der Waals surface area contributed by atoms with Gasteiger partial charge in [0.05, 0.1) is 18.8 Å². The minimum Gasteiger partial charge on any atom is -0.477 e. The minimum absolute atomic E-state index is 0.0898. The number of nitrogens with one attached hydrogen (secondary N) is 2. The van der Waals surface area contributed by atoms with E-state index in [1.165, 1.54) is 23.8 Å². The number of carbonyl (C=O) groups is 4. The molecule has 6 heterocycles. The maximum absolute atomic E-state index is 13.3. The zero-order valence-electron chi connectivity index (χ0n) is 26.3. The minimum atomic E-state index is -1.22. The number of thiazole rings is 1. The highest BCUT2D eigenvalue weighted by Gasteiger charge is 2.54. The van der Waals surface area contributed by atoms with Crippen LogP contribution in [0.1, 0.15) is 34.5 Å². The van der Waals surface area contributed by atoms with Crippen molar-refractivity contribution in [1.29, 1.82) is 0 Å². The number of aliphatic carboxylic acids is 1. The normalized spacial score (nSPS) is 19.6. The van der Waals surface area contributed by atoms with Crippen molar-refractivity contribution < 1.29 is 33.7 Å². The Kier molecular flexibility index (Phi) is 8.82. The van der Waals surface area contributed by atoms with Gasteiger partial charge >= 0.3 is 11.6 Å². The number of aromatic nitrogens is 4. The van der Waals surface area contributed by atoms with Crippen LogP contribution in [-0.2, 0) is 32.3 Å². The number of carboxylic acid groups (broad SMARTS) is 1. The molecule has 1 aromatic carbocycles. The highest BCUT2D eigenvalue weighted by Crippen LogP contribution is 2.40. The van der Waals surface area contributed by atoms with E-state index in [1.54, 1.807) is 5.38 Å². The van der Waals surface area contributed by atoms with Crippen molar-refractivity contribution in [3.8, 4) is 0 Å². The Hall–Kier alpha value is -5.20. The molecule has 3 aliphatic heterocycles. The molecule has 16 nitrogen and oxygen atoms in total. The predicted molar refractivity (Wildman–Crippen MR) is 179 cm³/mol. The Labute approximate surface area is 287 Å². The quantitative estimate of drug-likeness (QED) is 0.0746. The number of nitrogens with two attached hydrogens (primary N) is 1. The van der Waals surface area contributed by atoms with E-state index in [-0.39, 0.29) is 34.7 Å². The predicted octanol–water partition coefficient (Wildman–Crippen LogP) is 0.645. The summed E-state index contributed by atoms with van der Waals surface area (Å²) in [7, 11) is 1.28. The second kappa shape index (κ2) is 13.4. The molecule has 3 aliphatic rings. The van der Waals surface area contributed by atoms with Gasteiger partial charge in [-0.1, -0.05) is 17.3 Å². The third-order valence-electron chi connectivity index (χ3n) is 8.58. The molecule has 2 saturated heterocycles. The maximum Gasteiger partial charge on any atom is 0.352 e. The number of amides is 3. The van der Waals surface area contributed by atoms with Gasteiger partial charge in [0.15, 0.2) is 17.0 Å². The molecule has 0 saturated carbocycles. The Bertz CT molecular complexity index is 2010. The average Bonchev–Trinajstić information content (AvgIpc) is 3.91. The second-order valence-corrected chi connectivity index (χ2v) is 13.7. The number of β-lactam (4-membered cyclic amide) rings is 1. The monoisotopic (exact) mass is 705 g/mol. The summed E-state index contributed by atoms with van der Waals surface area (Å²) in [5.41, 5.74) is 11.7. The Morgan fingerprint density at radius 2 is 1.94 bits per heavy atom. The second-order valence-electron chi connectivity index (χ2n) is 11.7. The number of carbonyl (C=O) groups excluding carboxylic acids is 3. The number of oxime groups is 1. The first-order valence-electron chi connectivity index (χ1n) is 15.5. The molecule has 18 heteroatoms. The van der Waals surface area contributed by atoms with E-state index in [4.69, 9.17) is 10.6 Å². The summed E-state index contributed by atoms with van der Waals surface area (Å²) < 4.78 is 5.86. The molecule has 0 aliphatic carbocycles. The number of nitrogens with zero attached hydrogens (tertiary/aromatic N) is 7. The Morgan fingerprint density at radius 3 is 2.63 bits per heavy atom. The van der Waals surface area contributed by atoms with Crippen molar-refractivity contribution in [3.05, 3.63) is 82.4 Å². The maximum atomic E-state index is 13.3. The molecule has 3 amide bonds. The molecule has 2 atom stereocenters. The van der Waals surface area contributed by atoms with Crippen molar-refractivity contribution in [2.45, 2.75) is 37.3 Å². The molecule has 5 N–H and O–H groups in total. The number of rotatable bonds is 11. The molecular formula is C31H33N10O6S2+. The van der Waals surface area contributed by atoms with Gasteiger partial charge in [0.1, 0.15) is 42.7 Å². The van der Waals surface area contributed by atoms with Crippen LogP contribution >= 0.6 is 23.1 Å². The fourth-order valence-electron chi connectivity index (χ4n) is 6.20. The lowest BCUT2D eigenvalue weighted by Crippen LogP contribution is -2.71. The van der Waals surface area contributed by atoms with Crippen molar-refractivity contribution in [1.82, 2.24) is 34.8 Å². The number of hydrazine groups is 1. The first-order valence-corrected chi connectivity index (χ1v) is 17.4. The molecule has 7 rings (SSSR count). The van der Waals surface area contributed by atoms with Crippen LogP contribution in [0.5, 0.6) is 0 Å². The van der Waals surface area contributed by atoms with Gasteiger partial charge in [0.2, 0.25) is 0 Å². The highest BCUT2D eigenvalue weighted by atomic mass is 32.2. The summed E-state index contributed by atoms with van der Waals surface area (Å²) in [5, 5.41) is 19.8. The lowest BCUT2D eigenvalue weighted by atomic mass is 10.0. The fourth-order valence-corrected chi connectivity index (χ4v) is 8.08. The zero-order chi connectivity index (χ0) is 34.2. The average molecular weight is 706 g/mol. The van der Waals surface area contributed by atoms with Crippen molar-refractivity contribution in [2.75, 3.05) is 31.7 Å². The van der Waals surface area contributed by atoms with Gasteiger partial charge in [0, 0.05) is 29.8 Å². The molecule has 2 fully saturated rings. The van der Waals surface area contributed by atoms with E-state index < -0.39 is 29.2 Å². The van der Waals surface area contributed by atoms with E-state index in [0.29, 0.717) is 23.4 Å². The standard InChI is InChI=1S/C31H32N10O6S2/c1-47-36-23(21-17-49-31(32)33-21)27(43)34-24-28(44)41-25(30(45)46)20(16-48-29(24)41)15-39-11-8-22-37(12-13-40(22)39)14-18-4-6-19(7-5-18)26(42)35-38-9-2-3-10-38/h4-8,11-13,17,24,29H,2-3,9-10,14-16H2,1H3,(H4-,32,33,34,35,42,43,45,46)/p+1/b36-23-/t24-,29-/m1/s1. The number of anilines is 1. The lowest BCUT2D eigenvalue weighted by molar-refractivity contribution is -0.661. The van der Waals surface area contributed by atoms with Crippen LogP contribution in [0.15, 0.2) is 70.7 Å². The first kappa shape index (κ1) is 32.4. The third-order valence-corrected chi connectivity index (χ3v) is 10.6. The van der Waals surface area contributed by atoms with Crippen LogP contribution in [0.25, 0.3) is 5.65 Å². The van der Waals surface area contributed by atoms with Gasteiger partial charge in [-0.15, -0.1) is 27.6 Å². The lowest BCUT2D eigenvalue weighted by Gasteiger charge is -2.49. The molecule has 3 aromatic heterocycles. The SMILES string of the molecule is CO/N=C(\C(=O)N[C@@H]1C(=O)N2C(C(=O)O)=C(Cn3ccc4n3cc[n+]4Cc3ccc(C(=O)NN4CCCC4)cc3)CS[C@H]12)c1csc(N)n1. The number of hydrogen-bond acceptors (Lipinski definition) is 11. The van der Waals surface area contributed by atoms with Crippen LogP contribution < -0.4 is 21.0 Å². The van der Waals surface area contributed by atoms with Crippen LogP contribution in [0.2, 0.25) is 0 Å². The number of nitrogen functional groups attached to an aromatic ring is 1. The molecule has 254 valence electrons. The van der Waals surface area contributed by atoms with Crippen LogP contribution in [0.4, 0.5) is 5.13 Å². The van der Waals surface area contributed by atoms with E-state index >= 15 is 0 Å². The number of imidazole rings is 1. The van der Waals surface area contributed by atoms with Crippen LogP contribution in [0.3, 0.4) is 0 Å². The van der Waals surface area contributed by atoms with Gasteiger partial charge in [-0.25, -0.2) is 24.0 Å². The molecular weight excluding hydrogens is 673 g/mol. The van der Waals surface area contributed by atoms with Gasteiger partial charge in [0.25, 0.3) is 17.7 Å². The largest absolute Gasteiger partial charge is 0.477 e. The third kappa shape index (κ3) is 6.25. The van der Waals surface area contributed by atoms with E-state index in [9.17, 15) is 24.3 Å². The summed E-state index contributed by atoms with van der Waals surface area (Å²) >= 11 is 2.50. The number of thioether (sulfide) groups is 1. The topological polar surface area (TPSA) is 193 Å². The number of carboxylic acids is 1. The van der Waals surface area contributed by atoms with Gasteiger partial charge < -0.3 is 21.0 Å². The molecule has 49 heavy (non-hydrogen) atoms. The van der Waals surface area contributed by atoms with E-state index in [0.717, 1.165) is 48.5 Å². The zero-order valence-corrected chi connectivity index (χ0v) is 27.9. The van der Waals surface area contributed by atoms with Crippen LogP contribution in [-0.4, -0.2) is 96.0 Å². The summed E-state index contributed by atoms with van der Waals surface area (Å²) in [6.45, 7) is 2.54. The van der Waals surface area contributed by atoms with Gasteiger partial charge in [-0.2, -0.15) is 0 Å².